The predicted octanol–water partition coefficient (Wildman–Crippen LogP) is 0.745. The van der Waals surface area contributed by atoms with Gasteiger partial charge in [-0.25, -0.2) is 0 Å². The molecular formula is C6H8N4O. The van der Waals surface area contributed by atoms with Crippen LogP contribution in [0.5, 0.6) is 0 Å². The maximum atomic E-state index is 8.66. The number of rotatable bonds is 1. The first-order valence-electron chi connectivity index (χ1n) is 3.22. The van der Waals surface area contributed by atoms with Gasteiger partial charge in [0.25, 0.3) is 0 Å². The van der Waals surface area contributed by atoms with Crippen molar-refractivity contribution in [2.75, 3.05) is 16.3 Å². The lowest BCUT2D eigenvalue weighted by Gasteiger charge is -2.03. The van der Waals surface area contributed by atoms with Crippen LogP contribution in [0, 0.1) is 0 Å². The highest BCUT2D eigenvalue weighted by atomic mass is 16.5. The third kappa shape index (κ3) is 0.866. The number of nitrogens with one attached hydrogen (secondary N) is 4. The van der Waals surface area contributed by atoms with Crippen LogP contribution in [0.25, 0.3) is 0 Å². The highest BCUT2D eigenvalue weighted by Gasteiger charge is 2.11. The Bertz CT molecular complexity index is 275. The Morgan fingerprint density at radius 1 is 1.27 bits per heavy atom. The van der Waals surface area contributed by atoms with Gasteiger partial charge in [-0.2, -0.15) is 0 Å². The van der Waals surface area contributed by atoms with Crippen molar-refractivity contribution < 1.29 is 5.21 Å². The summed E-state index contributed by atoms with van der Waals surface area (Å²) in [7, 11) is 0. The van der Waals surface area contributed by atoms with Gasteiger partial charge >= 0.3 is 0 Å². The Balaban J connectivity index is 2.50. The van der Waals surface area contributed by atoms with E-state index in [9.17, 15) is 0 Å². The van der Waals surface area contributed by atoms with Gasteiger partial charge in [-0.1, -0.05) is 6.07 Å². The number of hydrogen-bond donors (Lipinski definition) is 5. The number of anilines is 3. The van der Waals surface area contributed by atoms with Gasteiger partial charge < -0.3 is 5.43 Å². The molecule has 0 aromatic heterocycles. The van der Waals surface area contributed by atoms with Crippen molar-refractivity contribution in [3.63, 3.8) is 0 Å². The van der Waals surface area contributed by atoms with Crippen molar-refractivity contribution in [1.29, 1.82) is 0 Å². The molecule has 0 aliphatic carbocycles. The first-order valence-corrected chi connectivity index (χ1v) is 3.22. The summed E-state index contributed by atoms with van der Waals surface area (Å²) in [5.74, 6) is 0. The van der Waals surface area contributed by atoms with E-state index in [4.69, 9.17) is 5.21 Å². The van der Waals surface area contributed by atoms with Crippen LogP contribution in [-0.2, 0) is 0 Å². The van der Waals surface area contributed by atoms with E-state index in [1.54, 1.807) is 6.07 Å². The van der Waals surface area contributed by atoms with Gasteiger partial charge in [0.05, 0.1) is 11.4 Å². The monoisotopic (exact) mass is 152 g/mol. The third-order valence-electron chi connectivity index (χ3n) is 1.57. The molecule has 11 heavy (non-hydrogen) atoms. The van der Waals surface area contributed by atoms with Crippen molar-refractivity contribution >= 4 is 17.1 Å². The Kier molecular flexibility index (Phi) is 1.31. The summed E-state index contributed by atoms with van der Waals surface area (Å²) in [6.45, 7) is 0. The van der Waals surface area contributed by atoms with E-state index >= 15 is 0 Å². The van der Waals surface area contributed by atoms with E-state index in [1.807, 2.05) is 12.1 Å². The van der Waals surface area contributed by atoms with E-state index < -0.39 is 0 Å². The van der Waals surface area contributed by atoms with Crippen molar-refractivity contribution in [2.45, 2.75) is 0 Å². The van der Waals surface area contributed by atoms with Crippen LogP contribution < -0.4 is 21.9 Å². The zero-order valence-electron chi connectivity index (χ0n) is 5.68. The summed E-state index contributed by atoms with van der Waals surface area (Å²) >= 11 is 0. The molecule has 2 rings (SSSR count). The van der Waals surface area contributed by atoms with Crippen LogP contribution in [0.15, 0.2) is 18.2 Å². The first kappa shape index (κ1) is 6.26. The second kappa shape index (κ2) is 2.30. The lowest BCUT2D eigenvalue weighted by molar-refractivity contribution is 0.389. The minimum Gasteiger partial charge on any atom is -0.302 e. The van der Waals surface area contributed by atoms with Crippen LogP contribution in [0.1, 0.15) is 0 Å². The van der Waals surface area contributed by atoms with Crippen molar-refractivity contribution in [3.8, 4) is 0 Å². The lowest BCUT2D eigenvalue weighted by Crippen LogP contribution is -2.19. The minimum absolute atomic E-state index is 0.639. The van der Waals surface area contributed by atoms with E-state index in [1.165, 1.54) is 0 Å². The summed E-state index contributed by atoms with van der Waals surface area (Å²) < 4.78 is 0. The summed E-state index contributed by atoms with van der Waals surface area (Å²) in [4.78, 5) is 0. The summed E-state index contributed by atoms with van der Waals surface area (Å²) in [6, 6.07) is 5.49. The topological polar surface area (TPSA) is 68.3 Å². The van der Waals surface area contributed by atoms with Crippen molar-refractivity contribution in [3.05, 3.63) is 18.2 Å². The quantitative estimate of drug-likeness (QED) is 0.384. The maximum Gasteiger partial charge on any atom is 0.101 e. The number of benzene rings is 1. The van der Waals surface area contributed by atoms with Gasteiger partial charge in [0.2, 0.25) is 0 Å². The average Bonchev–Trinajstić information content (AvgIpc) is 2.50. The lowest BCUT2D eigenvalue weighted by atomic mass is 10.2. The van der Waals surface area contributed by atoms with Crippen LogP contribution in [0.4, 0.5) is 17.1 Å². The summed E-state index contributed by atoms with van der Waals surface area (Å²) in [5.41, 5.74) is 12.9. The molecular weight excluding hydrogens is 144 g/mol. The smallest absolute Gasteiger partial charge is 0.101 e. The SMILES string of the molecule is ONc1cccc2c1NNN2. The first-order chi connectivity index (χ1) is 5.42. The van der Waals surface area contributed by atoms with Gasteiger partial charge in [0.1, 0.15) is 5.69 Å². The molecule has 0 saturated carbocycles. The molecule has 1 aromatic carbocycles. The Morgan fingerprint density at radius 2 is 2.18 bits per heavy atom. The molecule has 58 valence electrons. The van der Waals surface area contributed by atoms with Crippen LogP contribution in [-0.4, -0.2) is 5.21 Å². The predicted molar refractivity (Wildman–Crippen MR) is 42.2 cm³/mol. The largest absolute Gasteiger partial charge is 0.302 e. The normalized spacial score (nSPS) is 13.2. The zero-order valence-corrected chi connectivity index (χ0v) is 5.68. The molecule has 0 bridgehead atoms. The molecule has 0 atom stereocenters. The number of hydrogen-bond acceptors (Lipinski definition) is 5. The fraction of sp³-hybridized carbons (Fsp3) is 0. The summed E-state index contributed by atoms with van der Waals surface area (Å²) in [6.07, 6.45) is 0. The van der Waals surface area contributed by atoms with E-state index in [-0.39, 0.29) is 0 Å². The Hall–Kier alpha value is -1.46. The van der Waals surface area contributed by atoms with E-state index in [0.29, 0.717) is 5.69 Å². The molecule has 1 aliphatic heterocycles. The Labute approximate surface area is 63.3 Å². The van der Waals surface area contributed by atoms with Gasteiger partial charge in [0.15, 0.2) is 0 Å². The number of fused-ring (bicyclic) bond motifs is 1. The fourth-order valence-corrected chi connectivity index (χ4v) is 1.05. The second-order valence-electron chi connectivity index (χ2n) is 2.21. The molecule has 5 N–H and O–H groups in total. The third-order valence-corrected chi connectivity index (χ3v) is 1.57. The molecule has 1 aliphatic rings. The van der Waals surface area contributed by atoms with Gasteiger partial charge in [-0.15, -0.1) is 5.53 Å². The van der Waals surface area contributed by atoms with E-state index in [0.717, 1.165) is 11.4 Å². The van der Waals surface area contributed by atoms with Crippen LogP contribution >= 0.6 is 0 Å². The highest BCUT2D eigenvalue weighted by Crippen LogP contribution is 2.31. The Morgan fingerprint density at radius 3 is 3.00 bits per heavy atom. The van der Waals surface area contributed by atoms with Gasteiger partial charge in [-0.05, 0) is 12.1 Å². The van der Waals surface area contributed by atoms with Crippen molar-refractivity contribution in [1.82, 2.24) is 5.53 Å². The molecule has 0 radical (unpaired) electrons. The van der Waals surface area contributed by atoms with Gasteiger partial charge in [0, 0.05) is 0 Å². The highest BCUT2D eigenvalue weighted by molar-refractivity contribution is 5.83. The number of hydrazine groups is 2. The zero-order chi connectivity index (χ0) is 7.68. The van der Waals surface area contributed by atoms with Crippen LogP contribution in [0.3, 0.4) is 0 Å². The fourth-order valence-electron chi connectivity index (χ4n) is 1.05. The maximum absolute atomic E-state index is 8.66. The minimum atomic E-state index is 0.639. The molecule has 1 aromatic rings. The molecule has 1 heterocycles. The van der Waals surface area contributed by atoms with Gasteiger partial charge in [-0.3, -0.25) is 16.1 Å². The molecule has 5 nitrogen and oxygen atoms in total. The van der Waals surface area contributed by atoms with E-state index in [2.05, 4.69) is 21.9 Å². The second-order valence-corrected chi connectivity index (χ2v) is 2.21. The average molecular weight is 152 g/mol. The molecule has 0 unspecified atom stereocenters. The molecule has 0 amide bonds. The van der Waals surface area contributed by atoms with Crippen LogP contribution in [0.2, 0.25) is 0 Å². The summed E-state index contributed by atoms with van der Waals surface area (Å²) in [5, 5.41) is 8.66. The molecule has 5 heteroatoms. The molecule has 0 saturated heterocycles. The standard InChI is InChI=1S/C6H8N4O/c11-9-5-3-1-2-4-6(5)8-10-7-4/h1-3,7-11H. The molecule has 0 fully saturated rings. The number of para-hydroxylation sites is 1. The van der Waals surface area contributed by atoms with Crippen molar-refractivity contribution in [2.24, 2.45) is 0 Å². The molecule has 0 spiro atoms.